The van der Waals surface area contributed by atoms with Crippen molar-refractivity contribution in [3.63, 3.8) is 0 Å². The fourth-order valence-electron chi connectivity index (χ4n) is 4.75. The van der Waals surface area contributed by atoms with Crippen molar-refractivity contribution >= 4 is 21.8 Å². The van der Waals surface area contributed by atoms with Crippen molar-refractivity contribution in [2.24, 2.45) is 0 Å². The highest BCUT2D eigenvalue weighted by molar-refractivity contribution is 6.09. The number of hydrogen-bond acceptors (Lipinski definition) is 0. The van der Waals surface area contributed by atoms with Crippen LogP contribution < -0.4 is 0 Å². The van der Waals surface area contributed by atoms with E-state index in [4.69, 9.17) is 0 Å². The Morgan fingerprint density at radius 2 is 1.23 bits per heavy atom. The third kappa shape index (κ3) is 2.93. The zero-order valence-electron chi connectivity index (χ0n) is 18.1. The van der Waals surface area contributed by atoms with Gasteiger partial charge in [0, 0.05) is 10.8 Å². The first-order chi connectivity index (χ1) is 14.4. The molecule has 1 nitrogen and oxygen atoms in total. The van der Waals surface area contributed by atoms with Gasteiger partial charge in [0.2, 0.25) is 0 Å². The molecule has 4 aromatic carbocycles. The summed E-state index contributed by atoms with van der Waals surface area (Å²) < 4.78 is 2.45. The number of aryl methyl sites for hydroxylation is 1. The van der Waals surface area contributed by atoms with E-state index in [0.29, 0.717) is 0 Å². The minimum absolute atomic E-state index is 0.0118. The van der Waals surface area contributed by atoms with E-state index >= 15 is 0 Å². The maximum absolute atomic E-state index is 2.45. The number of para-hydroxylation sites is 2. The van der Waals surface area contributed by atoms with E-state index < -0.39 is 0 Å². The monoisotopic (exact) mass is 389 g/mol. The Morgan fingerprint density at radius 1 is 0.633 bits per heavy atom. The molecule has 5 aromatic rings. The maximum atomic E-state index is 2.45. The Kier molecular flexibility index (Phi) is 4.29. The third-order valence-corrected chi connectivity index (χ3v) is 5.94. The summed E-state index contributed by atoms with van der Waals surface area (Å²) in [5.41, 5.74) is 9.02. The molecule has 5 rings (SSSR count). The summed E-state index contributed by atoms with van der Waals surface area (Å²) in [4.78, 5) is 0. The van der Waals surface area contributed by atoms with Crippen LogP contribution in [0.1, 0.15) is 31.9 Å². The molecule has 0 saturated carbocycles. The molecule has 0 saturated heterocycles. The van der Waals surface area contributed by atoms with Crippen LogP contribution in [-0.4, -0.2) is 4.57 Å². The first kappa shape index (κ1) is 18.7. The zero-order valence-corrected chi connectivity index (χ0v) is 18.1. The van der Waals surface area contributed by atoms with Crippen LogP contribution in [0.25, 0.3) is 38.6 Å². The number of rotatable bonds is 2. The zero-order chi connectivity index (χ0) is 20.9. The molecule has 1 heterocycles. The topological polar surface area (TPSA) is 4.93 Å². The molecule has 0 radical (unpaired) electrons. The van der Waals surface area contributed by atoms with Crippen molar-refractivity contribution in [1.82, 2.24) is 4.57 Å². The normalized spacial score (nSPS) is 12.0. The lowest BCUT2D eigenvalue weighted by molar-refractivity contribution is 0.589. The molecule has 0 bridgehead atoms. The molecular formula is C29H27N. The van der Waals surface area contributed by atoms with E-state index in [1.54, 1.807) is 0 Å². The highest BCUT2D eigenvalue weighted by Gasteiger charge is 2.25. The van der Waals surface area contributed by atoms with E-state index in [-0.39, 0.29) is 5.41 Å². The number of nitrogens with zero attached hydrogens (tertiary/aromatic N) is 1. The lowest BCUT2D eigenvalue weighted by Gasteiger charge is -2.28. The van der Waals surface area contributed by atoms with Gasteiger partial charge in [0.05, 0.1) is 16.7 Å². The van der Waals surface area contributed by atoms with Crippen LogP contribution in [-0.2, 0) is 5.41 Å². The Hall–Kier alpha value is -3.32. The molecule has 148 valence electrons. The smallest absolute Gasteiger partial charge is 0.0541 e. The highest BCUT2D eigenvalue weighted by Crippen LogP contribution is 2.41. The summed E-state index contributed by atoms with van der Waals surface area (Å²) in [6, 6.07) is 33.1. The van der Waals surface area contributed by atoms with Crippen molar-refractivity contribution in [2.75, 3.05) is 0 Å². The minimum Gasteiger partial charge on any atom is -0.309 e. The molecule has 0 spiro atoms. The van der Waals surface area contributed by atoms with Crippen LogP contribution in [0.2, 0.25) is 0 Å². The Bertz CT molecular complexity index is 1330. The minimum atomic E-state index is -0.0118. The van der Waals surface area contributed by atoms with E-state index in [1.165, 1.54) is 49.7 Å². The van der Waals surface area contributed by atoms with Gasteiger partial charge in [-0.2, -0.15) is 0 Å². The first-order valence-electron chi connectivity index (χ1n) is 10.6. The van der Waals surface area contributed by atoms with Gasteiger partial charge in [-0.15, -0.1) is 0 Å². The molecular weight excluding hydrogens is 362 g/mol. The lowest BCUT2D eigenvalue weighted by Crippen LogP contribution is -2.17. The molecule has 30 heavy (non-hydrogen) atoms. The van der Waals surface area contributed by atoms with Crippen LogP contribution in [0.4, 0.5) is 0 Å². The molecule has 0 aliphatic rings. The Balaban J connectivity index is 1.92. The first-order valence-corrected chi connectivity index (χ1v) is 10.6. The standard InChI is InChI=1S/C29H27N/c1-20-11-9-12-21(19-20)22-15-10-18-27(28(22)29(2,3)4)30-25-16-7-5-13-23(25)24-14-6-8-17-26(24)30/h5-19H,1-4H3. The predicted octanol–water partition coefficient (Wildman–Crippen LogP) is 8.06. The maximum Gasteiger partial charge on any atom is 0.0541 e. The SMILES string of the molecule is Cc1cccc(-c2cccc(-n3c4ccccc4c4ccccc43)c2C(C)(C)C)c1. The fourth-order valence-corrected chi connectivity index (χ4v) is 4.75. The predicted molar refractivity (Wildman–Crippen MR) is 130 cm³/mol. The summed E-state index contributed by atoms with van der Waals surface area (Å²) in [6.45, 7) is 9.12. The quantitative estimate of drug-likeness (QED) is 0.288. The van der Waals surface area contributed by atoms with Crippen LogP contribution in [0, 0.1) is 6.92 Å². The van der Waals surface area contributed by atoms with Crippen molar-refractivity contribution in [3.05, 3.63) is 102 Å². The fraction of sp³-hybridized carbons (Fsp3) is 0.172. The number of benzene rings is 4. The van der Waals surface area contributed by atoms with Gasteiger partial charge >= 0.3 is 0 Å². The average molecular weight is 390 g/mol. The van der Waals surface area contributed by atoms with Gasteiger partial charge in [-0.1, -0.05) is 99.1 Å². The van der Waals surface area contributed by atoms with Crippen molar-refractivity contribution < 1.29 is 0 Å². The number of aromatic nitrogens is 1. The molecule has 0 aliphatic carbocycles. The van der Waals surface area contributed by atoms with Crippen LogP contribution in [0.5, 0.6) is 0 Å². The number of hydrogen-bond donors (Lipinski definition) is 0. The molecule has 0 fully saturated rings. The van der Waals surface area contributed by atoms with Gasteiger partial charge in [0.1, 0.15) is 0 Å². The second-order valence-electron chi connectivity index (χ2n) is 9.19. The summed E-state index contributed by atoms with van der Waals surface area (Å²) >= 11 is 0. The van der Waals surface area contributed by atoms with E-state index in [2.05, 4.69) is 123 Å². The van der Waals surface area contributed by atoms with Crippen molar-refractivity contribution in [1.29, 1.82) is 0 Å². The van der Waals surface area contributed by atoms with Gasteiger partial charge in [-0.3, -0.25) is 0 Å². The summed E-state index contributed by atoms with van der Waals surface area (Å²) in [5, 5.41) is 2.60. The third-order valence-electron chi connectivity index (χ3n) is 5.94. The Morgan fingerprint density at radius 3 is 1.83 bits per heavy atom. The van der Waals surface area contributed by atoms with E-state index in [1.807, 2.05) is 0 Å². The molecule has 0 unspecified atom stereocenters. The van der Waals surface area contributed by atoms with Gasteiger partial charge in [0.25, 0.3) is 0 Å². The summed E-state index contributed by atoms with van der Waals surface area (Å²) in [6.07, 6.45) is 0. The second-order valence-corrected chi connectivity index (χ2v) is 9.19. The molecule has 0 atom stereocenters. The lowest BCUT2D eigenvalue weighted by atomic mass is 9.80. The van der Waals surface area contributed by atoms with Gasteiger partial charge in [-0.05, 0) is 47.2 Å². The molecule has 1 aromatic heterocycles. The van der Waals surface area contributed by atoms with Gasteiger partial charge < -0.3 is 4.57 Å². The van der Waals surface area contributed by atoms with Gasteiger partial charge in [0.15, 0.2) is 0 Å². The van der Waals surface area contributed by atoms with Crippen molar-refractivity contribution in [2.45, 2.75) is 33.1 Å². The van der Waals surface area contributed by atoms with Crippen LogP contribution in [0.3, 0.4) is 0 Å². The van der Waals surface area contributed by atoms with Crippen molar-refractivity contribution in [3.8, 4) is 16.8 Å². The molecule has 0 aliphatic heterocycles. The van der Waals surface area contributed by atoms with Gasteiger partial charge in [-0.25, -0.2) is 0 Å². The summed E-state index contributed by atoms with van der Waals surface area (Å²) in [5.74, 6) is 0. The largest absolute Gasteiger partial charge is 0.309 e. The van der Waals surface area contributed by atoms with E-state index in [0.717, 1.165) is 0 Å². The van der Waals surface area contributed by atoms with E-state index in [9.17, 15) is 0 Å². The molecule has 0 amide bonds. The second kappa shape index (κ2) is 6.88. The Labute approximate surface area is 178 Å². The van der Waals surface area contributed by atoms with Crippen LogP contribution >= 0.6 is 0 Å². The molecule has 1 heteroatoms. The molecule has 0 N–H and O–H groups in total. The summed E-state index contributed by atoms with van der Waals surface area (Å²) in [7, 11) is 0. The number of fused-ring (bicyclic) bond motifs is 3. The highest BCUT2D eigenvalue weighted by atomic mass is 15.0. The average Bonchev–Trinajstić information content (AvgIpc) is 3.07. The van der Waals surface area contributed by atoms with Crippen LogP contribution in [0.15, 0.2) is 91.0 Å².